The summed E-state index contributed by atoms with van der Waals surface area (Å²) in [6.45, 7) is 2.77. The van der Waals surface area contributed by atoms with Crippen LogP contribution in [0.25, 0.3) is 0 Å². The molecule has 2 rings (SSSR count). The minimum atomic E-state index is -3.82. The molecule has 31 heavy (non-hydrogen) atoms. The molecular formula is C18H23N3O7S3. The Morgan fingerprint density at radius 2 is 1.77 bits per heavy atom. The molecule has 170 valence electrons. The first-order chi connectivity index (χ1) is 14.6. The third-order valence-electron chi connectivity index (χ3n) is 3.99. The van der Waals surface area contributed by atoms with Crippen LogP contribution in [-0.4, -0.2) is 59.3 Å². The van der Waals surface area contributed by atoms with Gasteiger partial charge in [-0.15, -0.1) is 11.3 Å². The van der Waals surface area contributed by atoms with E-state index in [-0.39, 0.29) is 14.8 Å². The van der Waals surface area contributed by atoms with Gasteiger partial charge in [0.25, 0.3) is 15.9 Å². The van der Waals surface area contributed by atoms with Gasteiger partial charge in [-0.25, -0.2) is 16.8 Å². The summed E-state index contributed by atoms with van der Waals surface area (Å²) in [4.78, 5) is 23.8. The Hall–Kier alpha value is -2.32. The summed E-state index contributed by atoms with van der Waals surface area (Å²) in [6.07, 6.45) is 0. The maximum Gasteiger partial charge on any atom is 0.321 e. The SMILES string of the molecule is CCN(CC)S(=O)(=O)c1cccc(NC(=O)COC(=O)CNS(=O)(=O)c2cccs2)c1. The van der Waals surface area contributed by atoms with Crippen molar-refractivity contribution < 1.29 is 31.2 Å². The number of anilines is 1. The predicted molar refractivity (Wildman–Crippen MR) is 116 cm³/mol. The van der Waals surface area contributed by atoms with Crippen LogP contribution in [-0.2, 0) is 34.4 Å². The maximum absolute atomic E-state index is 12.6. The number of amides is 1. The second kappa shape index (κ2) is 10.8. The molecule has 0 radical (unpaired) electrons. The molecule has 10 nitrogen and oxygen atoms in total. The smallest absolute Gasteiger partial charge is 0.321 e. The minimum Gasteiger partial charge on any atom is -0.455 e. The number of nitrogens with one attached hydrogen (secondary N) is 2. The van der Waals surface area contributed by atoms with Crippen LogP contribution in [0.3, 0.4) is 0 Å². The van der Waals surface area contributed by atoms with E-state index in [9.17, 15) is 26.4 Å². The highest BCUT2D eigenvalue weighted by Crippen LogP contribution is 2.19. The zero-order valence-corrected chi connectivity index (χ0v) is 19.3. The average Bonchev–Trinajstić information content (AvgIpc) is 3.28. The zero-order chi connectivity index (χ0) is 23.1. The Morgan fingerprint density at radius 1 is 1.06 bits per heavy atom. The number of carbonyl (C=O) groups is 2. The highest BCUT2D eigenvalue weighted by Gasteiger charge is 2.22. The van der Waals surface area contributed by atoms with Crippen molar-refractivity contribution in [2.75, 3.05) is 31.6 Å². The number of nitrogens with zero attached hydrogens (tertiary/aromatic N) is 1. The van der Waals surface area contributed by atoms with Crippen LogP contribution < -0.4 is 10.0 Å². The molecule has 0 spiro atoms. The summed E-state index contributed by atoms with van der Waals surface area (Å²) in [5, 5.41) is 4.03. The minimum absolute atomic E-state index is 0.0222. The molecule has 1 aromatic carbocycles. The van der Waals surface area contributed by atoms with Crippen LogP contribution >= 0.6 is 11.3 Å². The van der Waals surface area contributed by atoms with Crippen molar-refractivity contribution in [3.8, 4) is 0 Å². The van der Waals surface area contributed by atoms with Crippen molar-refractivity contribution >= 4 is 48.9 Å². The van der Waals surface area contributed by atoms with Crippen LogP contribution in [0.5, 0.6) is 0 Å². The number of thiophene rings is 1. The number of hydrogen-bond acceptors (Lipinski definition) is 8. The van der Waals surface area contributed by atoms with Crippen molar-refractivity contribution in [1.82, 2.24) is 9.03 Å². The summed E-state index contributed by atoms with van der Waals surface area (Å²) < 4.78 is 57.2. The number of sulfonamides is 2. The Balaban J connectivity index is 1.89. The van der Waals surface area contributed by atoms with E-state index in [1.807, 2.05) is 0 Å². The summed E-state index contributed by atoms with van der Waals surface area (Å²) in [6, 6.07) is 8.66. The quantitative estimate of drug-likeness (QED) is 0.453. The molecule has 1 aromatic heterocycles. The molecule has 2 N–H and O–H groups in total. The third kappa shape index (κ3) is 6.83. The number of ether oxygens (including phenoxy) is 1. The fourth-order valence-corrected chi connectivity index (χ4v) is 5.99. The number of hydrogen-bond donors (Lipinski definition) is 2. The number of esters is 1. The Labute approximate surface area is 185 Å². The molecule has 1 amide bonds. The van der Waals surface area contributed by atoms with E-state index in [1.54, 1.807) is 25.3 Å². The van der Waals surface area contributed by atoms with E-state index in [0.717, 1.165) is 11.3 Å². The lowest BCUT2D eigenvalue weighted by molar-refractivity contribution is -0.146. The average molecular weight is 490 g/mol. The second-order valence-corrected chi connectivity index (χ2v) is 11.0. The van der Waals surface area contributed by atoms with E-state index >= 15 is 0 Å². The van der Waals surface area contributed by atoms with Crippen molar-refractivity contribution in [3.63, 3.8) is 0 Å². The lowest BCUT2D eigenvalue weighted by Crippen LogP contribution is -2.32. The van der Waals surface area contributed by atoms with E-state index in [1.165, 1.54) is 34.6 Å². The van der Waals surface area contributed by atoms with Gasteiger partial charge in [0, 0.05) is 18.8 Å². The monoisotopic (exact) mass is 489 g/mol. The molecule has 0 saturated heterocycles. The number of rotatable bonds is 11. The van der Waals surface area contributed by atoms with E-state index < -0.39 is 45.1 Å². The van der Waals surface area contributed by atoms with Crippen molar-refractivity contribution in [1.29, 1.82) is 0 Å². The van der Waals surface area contributed by atoms with Gasteiger partial charge >= 0.3 is 5.97 Å². The molecule has 0 aliphatic rings. The van der Waals surface area contributed by atoms with Gasteiger partial charge in [0.2, 0.25) is 10.0 Å². The van der Waals surface area contributed by atoms with Gasteiger partial charge in [0.15, 0.2) is 6.61 Å². The topological polar surface area (TPSA) is 139 Å². The van der Waals surface area contributed by atoms with Gasteiger partial charge in [-0.05, 0) is 29.6 Å². The summed E-state index contributed by atoms with van der Waals surface area (Å²) >= 11 is 0.996. The summed E-state index contributed by atoms with van der Waals surface area (Å²) in [7, 11) is -7.52. The molecule has 1 heterocycles. The Morgan fingerprint density at radius 3 is 2.39 bits per heavy atom. The second-order valence-electron chi connectivity index (χ2n) is 6.08. The fraction of sp³-hybridized carbons (Fsp3) is 0.333. The summed E-state index contributed by atoms with van der Waals surface area (Å²) in [5.41, 5.74) is 0.215. The largest absolute Gasteiger partial charge is 0.455 e. The van der Waals surface area contributed by atoms with Crippen LogP contribution in [0, 0.1) is 0 Å². The zero-order valence-electron chi connectivity index (χ0n) is 16.9. The Kier molecular flexibility index (Phi) is 8.70. The van der Waals surface area contributed by atoms with Crippen molar-refractivity contribution in [2.45, 2.75) is 23.0 Å². The van der Waals surface area contributed by atoms with E-state index in [2.05, 4.69) is 10.0 Å². The third-order valence-corrected chi connectivity index (χ3v) is 8.84. The molecule has 0 atom stereocenters. The molecule has 0 fully saturated rings. The molecule has 2 aromatic rings. The van der Waals surface area contributed by atoms with E-state index in [0.29, 0.717) is 13.1 Å². The van der Waals surface area contributed by atoms with Gasteiger partial charge in [0.05, 0.1) is 4.90 Å². The highest BCUT2D eigenvalue weighted by molar-refractivity contribution is 7.91. The lowest BCUT2D eigenvalue weighted by atomic mass is 10.3. The van der Waals surface area contributed by atoms with Crippen LogP contribution in [0.1, 0.15) is 13.8 Å². The first-order valence-electron chi connectivity index (χ1n) is 9.19. The first kappa shape index (κ1) is 24.9. The molecule has 0 saturated carbocycles. The lowest BCUT2D eigenvalue weighted by Gasteiger charge is -2.18. The first-order valence-corrected chi connectivity index (χ1v) is 13.0. The molecular weight excluding hydrogens is 466 g/mol. The van der Waals surface area contributed by atoms with Gasteiger partial charge in [-0.1, -0.05) is 26.0 Å². The van der Waals surface area contributed by atoms with Gasteiger partial charge in [0.1, 0.15) is 10.8 Å². The predicted octanol–water partition coefficient (Wildman–Crippen LogP) is 1.24. The molecule has 0 bridgehead atoms. The van der Waals surface area contributed by atoms with Crippen molar-refractivity contribution in [3.05, 3.63) is 41.8 Å². The van der Waals surface area contributed by atoms with Gasteiger partial charge in [-0.2, -0.15) is 9.03 Å². The Bertz CT molecular complexity index is 1110. The molecule has 0 aliphatic carbocycles. The summed E-state index contributed by atoms with van der Waals surface area (Å²) in [5.74, 6) is -1.64. The molecule has 0 aliphatic heterocycles. The molecule has 0 unspecified atom stereocenters. The molecule has 13 heteroatoms. The highest BCUT2D eigenvalue weighted by atomic mass is 32.2. The number of benzene rings is 1. The number of carbonyl (C=O) groups excluding carboxylic acids is 2. The van der Waals surface area contributed by atoms with Gasteiger partial charge < -0.3 is 10.1 Å². The standard InChI is InChI=1S/C18H23N3O7S3/c1-3-21(4-2)31(26,27)15-8-5-7-14(11-15)20-16(22)13-28-17(23)12-19-30(24,25)18-9-6-10-29-18/h5-11,19H,3-4,12-13H2,1-2H3,(H,20,22). The normalized spacial score (nSPS) is 12.0. The van der Waals surface area contributed by atoms with Crippen molar-refractivity contribution in [2.24, 2.45) is 0 Å². The van der Waals surface area contributed by atoms with Crippen LogP contribution in [0.15, 0.2) is 50.9 Å². The fourth-order valence-electron chi connectivity index (χ4n) is 2.48. The van der Waals surface area contributed by atoms with Crippen LogP contribution in [0.4, 0.5) is 5.69 Å². The maximum atomic E-state index is 12.6. The van der Waals surface area contributed by atoms with Gasteiger partial charge in [-0.3, -0.25) is 9.59 Å². The van der Waals surface area contributed by atoms with E-state index in [4.69, 9.17) is 4.74 Å². The van der Waals surface area contributed by atoms with Crippen LogP contribution in [0.2, 0.25) is 0 Å².